The van der Waals surface area contributed by atoms with E-state index in [1.165, 1.54) is 0 Å². The summed E-state index contributed by atoms with van der Waals surface area (Å²) in [4.78, 5) is 12.5. The summed E-state index contributed by atoms with van der Waals surface area (Å²) in [6.45, 7) is 6.15. The molecule has 0 saturated heterocycles. The Kier molecular flexibility index (Phi) is 7.06. The first-order chi connectivity index (χ1) is 13.3. The molecular weight excluding hydrogens is 398 g/mol. The fraction of sp³-hybridized carbons (Fsp3) is 0.571. The molecule has 1 saturated carbocycles. The first-order valence-electron chi connectivity index (χ1n) is 9.46. The molecule has 1 fully saturated rings. The summed E-state index contributed by atoms with van der Waals surface area (Å²) in [5.74, 6) is 0.215. The minimum atomic E-state index is -5.18. The topological polar surface area (TPSA) is 26.3 Å². The smallest absolute Gasteiger partial charge is 0.417 e. The van der Waals surface area contributed by atoms with Crippen LogP contribution in [-0.2, 0) is 4.74 Å². The van der Waals surface area contributed by atoms with Crippen molar-refractivity contribution in [1.29, 1.82) is 0 Å². The second kappa shape index (κ2) is 8.79. The van der Waals surface area contributed by atoms with Gasteiger partial charge in [-0.3, -0.25) is 0 Å². The highest BCUT2D eigenvalue weighted by Gasteiger charge is 2.39. The highest BCUT2D eigenvalue weighted by Crippen LogP contribution is 2.38. The van der Waals surface area contributed by atoms with E-state index in [-0.39, 0.29) is 17.6 Å². The van der Waals surface area contributed by atoms with E-state index in [2.05, 4.69) is 6.92 Å². The summed E-state index contributed by atoms with van der Waals surface area (Å²) in [7, 11) is 0. The molecule has 0 heterocycles. The highest BCUT2D eigenvalue weighted by molar-refractivity contribution is 5.90. The summed E-state index contributed by atoms with van der Waals surface area (Å²) >= 11 is 0. The summed E-state index contributed by atoms with van der Waals surface area (Å²) in [6, 6.07) is 3.82. The third-order valence-corrected chi connectivity index (χ3v) is 5.26. The lowest BCUT2D eigenvalue weighted by Crippen LogP contribution is -2.35. The highest BCUT2D eigenvalue weighted by atomic mass is 19.4. The van der Waals surface area contributed by atoms with Crippen LogP contribution in [0, 0.1) is 17.8 Å². The van der Waals surface area contributed by atoms with Gasteiger partial charge < -0.3 is 4.74 Å². The molecule has 29 heavy (non-hydrogen) atoms. The molecule has 0 amide bonds. The van der Waals surface area contributed by atoms with Gasteiger partial charge in [-0.2, -0.15) is 26.3 Å². The minimum Gasteiger partial charge on any atom is -0.458 e. The predicted molar refractivity (Wildman–Crippen MR) is 97.1 cm³/mol. The lowest BCUT2D eigenvalue weighted by Gasteiger charge is -2.36. The van der Waals surface area contributed by atoms with Gasteiger partial charge in [-0.05, 0) is 48.3 Å². The number of esters is 1. The SMILES string of the molecule is CC(C)[C@@H]1CC[C@@H](C)C[C@H]1OC(=O)c1ccc(/C(=C\C(F)(F)F)C(F)(F)F)cc1. The second-order valence-corrected chi connectivity index (χ2v) is 7.94. The molecule has 0 spiro atoms. The van der Waals surface area contributed by atoms with Crippen LogP contribution in [0.2, 0.25) is 0 Å². The van der Waals surface area contributed by atoms with Crippen LogP contribution in [0.3, 0.4) is 0 Å². The number of allylic oxidation sites excluding steroid dienone is 2. The molecule has 1 aromatic rings. The van der Waals surface area contributed by atoms with Crippen LogP contribution in [0.15, 0.2) is 30.3 Å². The molecule has 0 N–H and O–H groups in total. The molecule has 162 valence electrons. The zero-order valence-corrected chi connectivity index (χ0v) is 16.4. The van der Waals surface area contributed by atoms with Crippen molar-refractivity contribution in [3.05, 3.63) is 41.5 Å². The molecule has 1 aliphatic carbocycles. The largest absolute Gasteiger partial charge is 0.458 e. The minimum absolute atomic E-state index is 0.00279. The number of benzene rings is 1. The van der Waals surface area contributed by atoms with Crippen molar-refractivity contribution in [3.8, 4) is 0 Å². The number of alkyl halides is 6. The first-order valence-corrected chi connectivity index (χ1v) is 9.46. The van der Waals surface area contributed by atoms with Crippen LogP contribution >= 0.6 is 0 Å². The zero-order chi connectivity index (χ0) is 22.0. The lowest BCUT2D eigenvalue weighted by atomic mass is 9.75. The van der Waals surface area contributed by atoms with Crippen molar-refractivity contribution >= 4 is 11.5 Å². The Morgan fingerprint density at radius 1 is 1.03 bits per heavy atom. The zero-order valence-electron chi connectivity index (χ0n) is 16.4. The quantitative estimate of drug-likeness (QED) is 0.393. The van der Waals surface area contributed by atoms with E-state index >= 15 is 0 Å². The van der Waals surface area contributed by atoms with Crippen molar-refractivity contribution in [2.75, 3.05) is 0 Å². The number of ether oxygens (including phenoxy) is 1. The van der Waals surface area contributed by atoms with E-state index in [0.29, 0.717) is 18.3 Å². The van der Waals surface area contributed by atoms with Crippen molar-refractivity contribution in [1.82, 2.24) is 0 Å². The Balaban J connectivity index is 2.20. The normalized spacial score (nSPS) is 23.9. The number of hydrogen-bond donors (Lipinski definition) is 0. The van der Waals surface area contributed by atoms with Gasteiger partial charge in [-0.1, -0.05) is 39.3 Å². The molecule has 0 unspecified atom stereocenters. The maximum Gasteiger partial charge on any atom is 0.417 e. The number of carbonyl (C=O) groups excluding carboxylic acids is 1. The molecule has 0 aliphatic heterocycles. The lowest BCUT2D eigenvalue weighted by molar-refractivity contribution is -0.0911. The Morgan fingerprint density at radius 3 is 2.07 bits per heavy atom. The fourth-order valence-electron chi connectivity index (χ4n) is 3.73. The van der Waals surface area contributed by atoms with Crippen LogP contribution < -0.4 is 0 Å². The molecule has 1 aromatic carbocycles. The Hall–Kier alpha value is -1.99. The van der Waals surface area contributed by atoms with E-state index < -0.39 is 35.5 Å². The van der Waals surface area contributed by atoms with Crippen LogP contribution in [0.25, 0.3) is 5.57 Å². The summed E-state index contributed by atoms with van der Waals surface area (Å²) in [5.41, 5.74) is -2.48. The van der Waals surface area contributed by atoms with E-state index in [9.17, 15) is 31.1 Å². The predicted octanol–water partition coefficient (Wildman–Crippen LogP) is 6.81. The average molecular weight is 422 g/mol. The number of carbonyl (C=O) groups is 1. The molecule has 3 atom stereocenters. The third-order valence-electron chi connectivity index (χ3n) is 5.26. The van der Waals surface area contributed by atoms with Gasteiger partial charge >= 0.3 is 18.3 Å². The molecule has 2 rings (SSSR count). The third kappa shape index (κ3) is 6.51. The van der Waals surface area contributed by atoms with Crippen LogP contribution in [-0.4, -0.2) is 24.4 Å². The molecule has 0 bridgehead atoms. The van der Waals surface area contributed by atoms with Crippen molar-refractivity contribution in [2.24, 2.45) is 17.8 Å². The fourth-order valence-corrected chi connectivity index (χ4v) is 3.73. The molecular formula is C21H24F6O2. The summed E-state index contributed by atoms with van der Waals surface area (Å²) in [6.07, 6.45) is -8.70. The number of hydrogen-bond acceptors (Lipinski definition) is 2. The maximum atomic E-state index is 13.0. The standard InChI is InChI=1S/C21H24F6O2/c1-12(2)16-9-4-13(3)10-18(16)29-19(28)15-7-5-14(6-8-15)17(21(25,26)27)11-20(22,23)24/h5-8,11-13,16,18H,4,9-10H2,1-3H3/b17-11+/t13-,16+,18-/m1/s1. The van der Waals surface area contributed by atoms with Gasteiger partial charge in [0.05, 0.1) is 11.1 Å². The van der Waals surface area contributed by atoms with Gasteiger partial charge in [0.25, 0.3) is 0 Å². The van der Waals surface area contributed by atoms with E-state index in [1.807, 2.05) is 13.8 Å². The van der Waals surface area contributed by atoms with Gasteiger partial charge in [0.1, 0.15) is 6.10 Å². The molecule has 1 aliphatic rings. The Morgan fingerprint density at radius 2 is 1.59 bits per heavy atom. The van der Waals surface area contributed by atoms with Crippen LogP contribution in [0.1, 0.15) is 56.0 Å². The molecule has 8 heteroatoms. The van der Waals surface area contributed by atoms with E-state index in [0.717, 1.165) is 37.1 Å². The van der Waals surface area contributed by atoms with E-state index in [1.54, 1.807) is 0 Å². The molecule has 0 radical (unpaired) electrons. The van der Waals surface area contributed by atoms with Gasteiger partial charge in [0, 0.05) is 6.08 Å². The van der Waals surface area contributed by atoms with Gasteiger partial charge in [-0.15, -0.1) is 0 Å². The van der Waals surface area contributed by atoms with E-state index in [4.69, 9.17) is 4.74 Å². The second-order valence-electron chi connectivity index (χ2n) is 7.94. The van der Waals surface area contributed by atoms with Crippen molar-refractivity contribution < 1.29 is 35.9 Å². The Bertz CT molecular complexity index is 731. The molecule has 2 nitrogen and oxygen atoms in total. The summed E-state index contributed by atoms with van der Waals surface area (Å²) < 4.78 is 82.0. The number of rotatable bonds is 4. The van der Waals surface area contributed by atoms with Crippen LogP contribution in [0.5, 0.6) is 0 Å². The first kappa shape index (κ1) is 23.3. The van der Waals surface area contributed by atoms with Gasteiger partial charge in [0.2, 0.25) is 0 Å². The monoisotopic (exact) mass is 422 g/mol. The van der Waals surface area contributed by atoms with Crippen molar-refractivity contribution in [3.63, 3.8) is 0 Å². The maximum absolute atomic E-state index is 13.0. The van der Waals surface area contributed by atoms with Crippen molar-refractivity contribution in [2.45, 2.75) is 58.5 Å². The average Bonchev–Trinajstić information content (AvgIpc) is 2.58. The summed E-state index contributed by atoms with van der Waals surface area (Å²) in [5, 5.41) is 0. The van der Waals surface area contributed by atoms with Crippen LogP contribution in [0.4, 0.5) is 26.3 Å². The van der Waals surface area contributed by atoms with Gasteiger partial charge in [0.15, 0.2) is 0 Å². The van der Waals surface area contributed by atoms with Gasteiger partial charge in [-0.25, -0.2) is 4.79 Å². The Labute approximate surface area is 165 Å². The molecule has 0 aromatic heterocycles. The number of halogens is 6.